The summed E-state index contributed by atoms with van der Waals surface area (Å²) in [4.78, 5) is 0. The summed E-state index contributed by atoms with van der Waals surface area (Å²) in [5, 5.41) is 12.5. The molecule has 0 aliphatic carbocycles. The average Bonchev–Trinajstić information content (AvgIpc) is 2.18. The highest BCUT2D eigenvalue weighted by Crippen LogP contribution is 2.18. The van der Waals surface area contributed by atoms with Gasteiger partial charge in [0, 0.05) is 12.6 Å². The van der Waals surface area contributed by atoms with E-state index in [4.69, 9.17) is 0 Å². The third-order valence-corrected chi connectivity index (χ3v) is 2.62. The van der Waals surface area contributed by atoms with Crippen molar-refractivity contribution in [1.82, 2.24) is 5.32 Å². The van der Waals surface area contributed by atoms with Crippen LogP contribution < -0.4 is 5.32 Å². The van der Waals surface area contributed by atoms with Gasteiger partial charge in [-0.3, -0.25) is 0 Å². The SMILES string of the molecule is Cc1ccc(C)c(C(C)NC[C@@H](C)O)c1. The quantitative estimate of drug-likeness (QED) is 0.794. The van der Waals surface area contributed by atoms with E-state index in [1.165, 1.54) is 16.7 Å². The molecule has 0 aliphatic heterocycles. The zero-order chi connectivity index (χ0) is 11.4. The number of hydrogen-bond acceptors (Lipinski definition) is 2. The van der Waals surface area contributed by atoms with Gasteiger partial charge >= 0.3 is 0 Å². The molecule has 2 atom stereocenters. The topological polar surface area (TPSA) is 32.3 Å². The maximum absolute atomic E-state index is 9.21. The first-order valence-corrected chi connectivity index (χ1v) is 5.49. The summed E-state index contributed by atoms with van der Waals surface area (Å²) in [6.07, 6.45) is -0.294. The van der Waals surface area contributed by atoms with Gasteiger partial charge in [-0.05, 0) is 38.8 Å². The number of rotatable bonds is 4. The van der Waals surface area contributed by atoms with Crippen molar-refractivity contribution in [2.24, 2.45) is 0 Å². The van der Waals surface area contributed by atoms with Gasteiger partial charge in [0.05, 0.1) is 6.10 Å². The molecule has 0 saturated heterocycles. The molecule has 1 aromatic rings. The van der Waals surface area contributed by atoms with Gasteiger partial charge in [-0.1, -0.05) is 23.8 Å². The minimum Gasteiger partial charge on any atom is -0.392 e. The van der Waals surface area contributed by atoms with E-state index < -0.39 is 0 Å². The second kappa shape index (κ2) is 5.29. The molecule has 2 heteroatoms. The van der Waals surface area contributed by atoms with Crippen molar-refractivity contribution in [3.63, 3.8) is 0 Å². The van der Waals surface area contributed by atoms with Gasteiger partial charge in [0.15, 0.2) is 0 Å². The van der Waals surface area contributed by atoms with E-state index in [1.807, 2.05) is 0 Å². The summed E-state index contributed by atoms with van der Waals surface area (Å²) in [6, 6.07) is 6.76. The molecule has 1 aromatic carbocycles. The van der Waals surface area contributed by atoms with E-state index >= 15 is 0 Å². The van der Waals surface area contributed by atoms with E-state index in [0.29, 0.717) is 12.6 Å². The summed E-state index contributed by atoms with van der Waals surface area (Å²) in [5.74, 6) is 0. The molecular weight excluding hydrogens is 186 g/mol. The van der Waals surface area contributed by atoms with Gasteiger partial charge in [-0.15, -0.1) is 0 Å². The highest BCUT2D eigenvalue weighted by molar-refractivity contribution is 5.32. The summed E-state index contributed by atoms with van der Waals surface area (Å²) in [6.45, 7) is 8.78. The van der Waals surface area contributed by atoms with Crippen molar-refractivity contribution in [2.75, 3.05) is 6.54 Å². The fraction of sp³-hybridized carbons (Fsp3) is 0.538. The van der Waals surface area contributed by atoms with Crippen LogP contribution >= 0.6 is 0 Å². The first-order valence-electron chi connectivity index (χ1n) is 5.49. The van der Waals surface area contributed by atoms with Crippen LogP contribution in [0.5, 0.6) is 0 Å². The summed E-state index contributed by atoms with van der Waals surface area (Å²) in [5.41, 5.74) is 3.89. The van der Waals surface area contributed by atoms with E-state index in [1.54, 1.807) is 6.92 Å². The molecule has 0 amide bonds. The van der Waals surface area contributed by atoms with Crippen LogP contribution in [0.3, 0.4) is 0 Å². The van der Waals surface area contributed by atoms with Gasteiger partial charge in [0.2, 0.25) is 0 Å². The molecule has 1 unspecified atom stereocenters. The number of hydrogen-bond donors (Lipinski definition) is 2. The minimum atomic E-state index is -0.294. The Morgan fingerprint density at radius 3 is 2.53 bits per heavy atom. The van der Waals surface area contributed by atoms with Crippen molar-refractivity contribution in [3.05, 3.63) is 34.9 Å². The van der Waals surface area contributed by atoms with Gasteiger partial charge in [-0.2, -0.15) is 0 Å². The Morgan fingerprint density at radius 1 is 1.27 bits per heavy atom. The molecule has 0 aromatic heterocycles. The first kappa shape index (κ1) is 12.2. The second-order valence-corrected chi connectivity index (χ2v) is 4.34. The molecular formula is C13H21NO. The molecule has 0 radical (unpaired) electrons. The Labute approximate surface area is 92.3 Å². The maximum Gasteiger partial charge on any atom is 0.0636 e. The fourth-order valence-corrected chi connectivity index (χ4v) is 1.68. The van der Waals surface area contributed by atoms with Crippen LogP contribution in [0.1, 0.15) is 36.6 Å². The standard InChI is InChI=1S/C13H21NO/c1-9-5-6-10(2)13(7-9)12(4)14-8-11(3)15/h5-7,11-12,14-15H,8H2,1-4H3/t11-,12?/m1/s1. The Bertz CT molecular complexity index is 320. The van der Waals surface area contributed by atoms with Crippen LogP contribution in [0, 0.1) is 13.8 Å². The third kappa shape index (κ3) is 3.65. The molecule has 2 nitrogen and oxygen atoms in total. The molecule has 0 heterocycles. The number of aliphatic hydroxyl groups is 1. The highest BCUT2D eigenvalue weighted by atomic mass is 16.3. The molecule has 0 fully saturated rings. The summed E-state index contributed by atoms with van der Waals surface area (Å²) in [7, 11) is 0. The largest absolute Gasteiger partial charge is 0.392 e. The molecule has 0 aliphatic rings. The van der Waals surface area contributed by atoms with Crippen molar-refractivity contribution in [3.8, 4) is 0 Å². The zero-order valence-electron chi connectivity index (χ0n) is 10.0. The number of aryl methyl sites for hydroxylation is 2. The van der Waals surface area contributed by atoms with Crippen LogP contribution in [0.15, 0.2) is 18.2 Å². The van der Waals surface area contributed by atoms with Crippen LogP contribution in [-0.2, 0) is 0 Å². The summed E-state index contributed by atoms with van der Waals surface area (Å²) < 4.78 is 0. The lowest BCUT2D eigenvalue weighted by Gasteiger charge is -2.18. The van der Waals surface area contributed by atoms with Crippen molar-refractivity contribution < 1.29 is 5.11 Å². The predicted molar refractivity (Wildman–Crippen MR) is 64.0 cm³/mol. The summed E-state index contributed by atoms with van der Waals surface area (Å²) >= 11 is 0. The van der Waals surface area contributed by atoms with E-state index in [-0.39, 0.29) is 6.10 Å². The smallest absolute Gasteiger partial charge is 0.0636 e. The molecule has 2 N–H and O–H groups in total. The monoisotopic (exact) mass is 207 g/mol. The van der Waals surface area contributed by atoms with E-state index in [0.717, 1.165) is 0 Å². The van der Waals surface area contributed by atoms with Crippen LogP contribution in [-0.4, -0.2) is 17.8 Å². The Hall–Kier alpha value is -0.860. The Morgan fingerprint density at radius 2 is 1.93 bits per heavy atom. The third-order valence-electron chi connectivity index (χ3n) is 2.62. The minimum absolute atomic E-state index is 0.291. The first-order chi connectivity index (χ1) is 7.00. The molecule has 84 valence electrons. The van der Waals surface area contributed by atoms with Gasteiger partial charge in [0.1, 0.15) is 0 Å². The number of benzene rings is 1. The molecule has 1 rings (SSSR count). The van der Waals surface area contributed by atoms with Gasteiger partial charge in [0.25, 0.3) is 0 Å². The molecule has 0 bridgehead atoms. The number of nitrogens with one attached hydrogen (secondary N) is 1. The van der Waals surface area contributed by atoms with Crippen molar-refractivity contribution in [1.29, 1.82) is 0 Å². The average molecular weight is 207 g/mol. The lowest BCUT2D eigenvalue weighted by molar-refractivity contribution is 0.187. The normalized spacial score (nSPS) is 15.0. The van der Waals surface area contributed by atoms with Crippen molar-refractivity contribution in [2.45, 2.75) is 39.8 Å². The molecule has 0 spiro atoms. The molecule has 15 heavy (non-hydrogen) atoms. The predicted octanol–water partition coefficient (Wildman–Crippen LogP) is 2.33. The van der Waals surface area contributed by atoms with E-state index in [9.17, 15) is 5.11 Å². The maximum atomic E-state index is 9.21. The van der Waals surface area contributed by atoms with Crippen LogP contribution in [0.4, 0.5) is 0 Å². The van der Waals surface area contributed by atoms with E-state index in [2.05, 4.69) is 44.3 Å². The zero-order valence-corrected chi connectivity index (χ0v) is 10.0. The Kier molecular flexibility index (Phi) is 4.30. The lowest BCUT2D eigenvalue weighted by Crippen LogP contribution is -2.27. The van der Waals surface area contributed by atoms with Crippen LogP contribution in [0.2, 0.25) is 0 Å². The van der Waals surface area contributed by atoms with Gasteiger partial charge < -0.3 is 10.4 Å². The number of aliphatic hydroxyl groups excluding tert-OH is 1. The molecule has 0 saturated carbocycles. The fourth-order valence-electron chi connectivity index (χ4n) is 1.68. The second-order valence-electron chi connectivity index (χ2n) is 4.34. The van der Waals surface area contributed by atoms with Crippen molar-refractivity contribution >= 4 is 0 Å². The Balaban J connectivity index is 2.72. The highest BCUT2D eigenvalue weighted by Gasteiger charge is 2.08. The lowest BCUT2D eigenvalue weighted by atomic mass is 10.00. The van der Waals surface area contributed by atoms with Gasteiger partial charge in [-0.25, -0.2) is 0 Å². The van der Waals surface area contributed by atoms with Crippen LogP contribution in [0.25, 0.3) is 0 Å².